The number of benzene rings is 3. The van der Waals surface area contributed by atoms with Crippen molar-refractivity contribution in [3.8, 4) is 5.75 Å². The molecule has 0 aromatic heterocycles. The van der Waals surface area contributed by atoms with E-state index in [1.54, 1.807) is 30.3 Å². The van der Waals surface area contributed by atoms with Crippen molar-refractivity contribution in [2.75, 3.05) is 13.2 Å². The molecule has 2 atom stereocenters. The van der Waals surface area contributed by atoms with Crippen LogP contribution in [0.5, 0.6) is 5.75 Å². The molecule has 38 heavy (non-hydrogen) atoms. The summed E-state index contributed by atoms with van der Waals surface area (Å²) >= 11 is 3.43. The zero-order valence-corrected chi connectivity index (χ0v) is 22.1. The van der Waals surface area contributed by atoms with Crippen molar-refractivity contribution in [3.05, 3.63) is 112 Å². The SMILES string of the molecule is C=CC[C@@]1(C(=O)NCc2cc(F)ccc2F)N=C(c2ccc(OCCCO)cc2)O[C@@H]1c1ccc(Br)cc1. The Labute approximate surface area is 228 Å². The highest BCUT2D eigenvalue weighted by atomic mass is 79.9. The minimum atomic E-state index is -1.44. The molecule has 0 unspecified atom stereocenters. The highest BCUT2D eigenvalue weighted by Crippen LogP contribution is 2.43. The van der Waals surface area contributed by atoms with E-state index in [1.807, 2.05) is 24.3 Å². The number of ether oxygens (including phenoxy) is 2. The topological polar surface area (TPSA) is 80.2 Å². The predicted octanol–water partition coefficient (Wildman–Crippen LogP) is 5.64. The van der Waals surface area contributed by atoms with E-state index in [-0.39, 0.29) is 31.0 Å². The van der Waals surface area contributed by atoms with Gasteiger partial charge in [0, 0.05) is 41.6 Å². The van der Waals surface area contributed by atoms with Gasteiger partial charge in [-0.05, 0) is 60.2 Å². The molecule has 0 aliphatic carbocycles. The van der Waals surface area contributed by atoms with Crippen molar-refractivity contribution in [1.82, 2.24) is 5.32 Å². The van der Waals surface area contributed by atoms with Crippen LogP contribution in [0.15, 0.2) is 88.9 Å². The highest BCUT2D eigenvalue weighted by Gasteiger charge is 2.52. The summed E-state index contributed by atoms with van der Waals surface area (Å²) in [4.78, 5) is 18.5. The summed E-state index contributed by atoms with van der Waals surface area (Å²) in [5, 5.41) is 11.7. The Hall–Kier alpha value is -3.56. The van der Waals surface area contributed by atoms with Gasteiger partial charge in [-0.15, -0.1) is 6.58 Å². The maximum atomic E-state index is 14.2. The lowest BCUT2D eigenvalue weighted by Gasteiger charge is -2.29. The van der Waals surface area contributed by atoms with Crippen molar-refractivity contribution < 1.29 is 28.2 Å². The number of halogens is 3. The lowest BCUT2D eigenvalue weighted by Crippen LogP contribution is -2.47. The molecule has 1 heterocycles. The van der Waals surface area contributed by atoms with E-state index in [4.69, 9.17) is 19.6 Å². The number of nitrogens with one attached hydrogen (secondary N) is 1. The van der Waals surface area contributed by atoms with Crippen LogP contribution in [-0.4, -0.2) is 35.7 Å². The van der Waals surface area contributed by atoms with Crippen LogP contribution in [0.1, 0.15) is 35.6 Å². The van der Waals surface area contributed by atoms with Crippen LogP contribution in [0.3, 0.4) is 0 Å². The third kappa shape index (κ3) is 6.11. The minimum absolute atomic E-state index is 0.0206. The molecule has 3 aromatic rings. The lowest BCUT2D eigenvalue weighted by molar-refractivity contribution is -0.129. The molecule has 9 heteroatoms. The zero-order valence-electron chi connectivity index (χ0n) is 20.5. The second-order valence-electron chi connectivity index (χ2n) is 8.75. The molecular formula is C29H27BrF2N2O4. The highest BCUT2D eigenvalue weighted by molar-refractivity contribution is 9.10. The van der Waals surface area contributed by atoms with E-state index in [9.17, 15) is 13.6 Å². The van der Waals surface area contributed by atoms with Gasteiger partial charge in [0.25, 0.3) is 5.91 Å². The van der Waals surface area contributed by atoms with Gasteiger partial charge in [-0.1, -0.05) is 34.1 Å². The Balaban J connectivity index is 1.67. The molecule has 1 amide bonds. The second-order valence-corrected chi connectivity index (χ2v) is 9.67. The molecule has 198 valence electrons. The van der Waals surface area contributed by atoms with Crippen molar-refractivity contribution in [1.29, 1.82) is 0 Å². The standard InChI is InChI=1S/C29H27BrF2N2O4/c1-2-14-29(28(36)33-18-21-17-23(31)10-13-25(21)32)26(19-4-8-22(30)9-5-19)38-27(34-29)20-6-11-24(12-7-20)37-16-3-15-35/h2,4-13,17,26,35H,1,3,14-16,18H2,(H,33,36)/t26-,29-/m1/s1. The number of aliphatic imine (C=N–C) groups is 1. The number of aliphatic hydroxyl groups is 1. The van der Waals surface area contributed by atoms with Crippen molar-refractivity contribution in [2.45, 2.75) is 31.0 Å². The van der Waals surface area contributed by atoms with E-state index in [1.165, 1.54) is 0 Å². The van der Waals surface area contributed by atoms with Crippen LogP contribution < -0.4 is 10.1 Å². The van der Waals surface area contributed by atoms with Crippen LogP contribution in [0.4, 0.5) is 8.78 Å². The van der Waals surface area contributed by atoms with Crippen LogP contribution in [0, 0.1) is 11.6 Å². The van der Waals surface area contributed by atoms with Crippen molar-refractivity contribution >= 4 is 27.7 Å². The summed E-state index contributed by atoms with van der Waals surface area (Å²) in [6.45, 7) is 4.03. The molecule has 1 aliphatic rings. The quantitative estimate of drug-likeness (QED) is 0.226. The first kappa shape index (κ1) is 27.5. The Morgan fingerprint density at radius 2 is 1.89 bits per heavy atom. The number of rotatable bonds is 11. The molecule has 0 saturated heterocycles. The summed E-state index contributed by atoms with van der Waals surface area (Å²) in [5.41, 5.74) is -0.0704. The first-order valence-electron chi connectivity index (χ1n) is 12.1. The molecule has 0 bridgehead atoms. The van der Waals surface area contributed by atoms with E-state index in [0.29, 0.717) is 29.9 Å². The van der Waals surface area contributed by atoms with E-state index < -0.39 is 29.2 Å². The molecule has 4 rings (SSSR count). The van der Waals surface area contributed by atoms with Crippen LogP contribution in [0.2, 0.25) is 0 Å². The molecule has 3 aromatic carbocycles. The molecule has 6 nitrogen and oxygen atoms in total. The monoisotopic (exact) mass is 584 g/mol. The number of carbonyl (C=O) groups excluding carboxylic acids is 1. The maximum absolute atomic E-state index is 14.2. The third-order valence-corrected chi connectivity index (χ3v) is 6.63. The number of hydrogen-bond donors (Lipinski definition) is 2. The van der Waals surface area contributed by atoms with Crippen molar-refractivity contribution in [3.63, 3.8) is 0 Å². The van der Waals surface area contributed by atoms with Gasteiger partial charge in [-0.25, -0.2) is 13.8 Å². The third-order valence-electron chi connectivity index (χ3n) is 6.11. The van der Waals surface area contributed by atoms with Gasteiger partial charge in [0.2, 0.25) is 5.90 Å². The second kappa shape index (κ2) is 12.3. The number of nitrogens with zero attached hydrogens (tertiary/aromatic N) is 1. The predicted molar refractivity (Wildman–Crippen MR) is 144 cm³/mol. The minimum Gasteiger partial charge on any atom is -0.494 e. The molecule has 1 aliphatic heterocycles. The molecular weight excluding hydrogens is 558 g/mol. The zero-order chi connectivity index (χ0) is 27.1. The first-order valence-corrected chi connectivity index (χ1v) is 12.8. The Bertz CT molecular complexity index is 1320. The lowest BCUT2D eigenvalue weighted by atomic mass is 9.84. The summed E-state index contributed by atoms with van der Waals surface area (Å²) in [7, 11) is 0. The smallest absolute Gasteiger partial charge is 0.252 e. The van der Waals surface area contributed by atoms with Gasteiger partial charge >= 0.3 is 0 Å². The summed E-state index contributed by atoms with van der Waals surface area (Å²) in [5.74, 6) is -0.848. The Kier molecular flexibility index (Phi) is 8.91. The average Bonchev–Trinajstić information content (AvgIpc) is 3.30. The number of carbonyl (C=O) groups is 1. The summed E-state index contributed by atoms with van der Waals surface area (Å²) in [6, 6.07) is 17.5. The van der Waals surface area contributed by atoms with Crippen LogP contribution in [0.25, 0.3) is 0 Å². The van der Waals surface area contributed by atoms with Gasteiger partial charge in [-0.2, -0.15) is 0 Å². The number of hydrogen-bond acceptors (Lipinski definition) is 5. The van der Waals surface area contributed by atoms with E-state index >= 15 is 0 Å². The normalized spacial score (nSPS) is 18.4. The molecule has 0 radical (unpaired) electrons. The summed E-state index contributed by atoms with van der Waals surface area (Å²) in [6.07, 6.45) is 1.44. The van der Waals surface area contributed by atoms with Crippen molar-refractivity contribution in [2.24, 2.45) is 4.99 Å². The van der Waals surface area contributed by atoms with Crippen LogP contribution >= 0.6 is 15.9 Å². The van der Waals surface area contributed by atoms with Crippen LogP contribution in [-0.2, 0) is 16.1 Å². The molecule has 0 fully saturated rings. The maximum Gasteiger partial charge on any atom is 0.252 e. The van der Waals surface area contributed by atoms with Gasteiger partial charge in [-0.3, -0.25) is 4.79 Å². The van der Waals surface area contributed by atoms with E-state index in [0.717, 1.165) is 22.7 Å². The largest absolute Gasteiger partial charge is 0.494 e. The average molecular weight is 585 g/mol. The first-order chi connectivity index (χ1) is 18.4. The Morgan fingerprint density at radius 3 is 2.58 bits per heavy atom. The van der Waals surface area contributed by atoms with E-state index in [2.05, 4.69) is 27.8 Å². The fourth-order valence-electron chi connectivity index (χ4n) is 4.18. The van der Waals surface area contributed by atoms with Gasteiger partial charge in [0.1, 0.15) is 17.4 Å². The number of amides is 1. The Morgan fingerprint density at radius 1 is 1.16 bits per heavy atom. The van der Waals surface area contributed by atoms with Gasteiger partial charge in [0.15, 0.2) is 11.6 Å². The molecule has 0 spiro atoms. The van der Waals surface area contributed by atoms with Gasteiger partial charge < -0.3 is 19.9 Å². The summed E-state index contributed by atoms with van der Waals surface area (Å²) < 4.78 is 40.7. The molecule has 0 saturated carbocycles. The fraction of sp³-hybridized carbons (Fsp3) is 0.241. The molecule has 2 N–H and O–H groups in total. The fourth-order valence-corrected chi connectivity index (χ4v) is 4.44. The number of aliphatic hydroxyl groups excluding tert-OH is 1. The van der Waals surface area contributed by atoms with Gasteiger partial charge in [0.05, 0.1) is 6.61 Å².